The molecule has 0 saturated carbocycles. The molecule has 2 aromatic carbocycles. The number of nitrogens with zero attached hydrogens (tertiary/aromatic N) is 1. The summed E-state index contributed by atoms with van der Waals surface area (Å²) in [4.78, 5) is 17.0. The molecule has 7 nitrogen and oxygen atoms in total. The molecular weight excluding hydrogens is 362 g/mol. The van der Waals surface area contributed by atoms with E-state index in [-0.39, 0.29) is 0 Å². The zero-order valence-electron chi connectivity index (χ0n) is 15.9. The van der Waals surface area contributed by atoms with Gasteiger partial charge in [-0.2, -0.15) is 0 Å². The molecule has 0 aliphatic carbocycles. The predicted molar refractivity (Wildman–Crippen MR) is 102 cm³/mol. The van der Waals surface area contributed by atoms with Crippen LogP contribution in [0.1, 0.15) is 27.7 Å². The van der Waals surface area contributed by atoms with Gasteiger partial charge in [0, 0.05) is 17.1 Å². The summed E-state index contributed by atoms with van der Waals surface area (Å²) in [7, 11) is 6.22. The van der Waals surface area contributed by atoms with Crippen molar-refractivity contribution in [2.75, 3.05) is 28.4 Å². The minimum atomic E-state index is -0.663. The Labute approximate surface area is 161 Å². The summed E-state index contributed by atoms with van der Waals surface area (Å²) in [6.07, 6.45) is 1.01. The first-order valence-electron chi connectivity index (χ1n) is 8.58. The van der Waals surface area contributed by atoms with Crippen LogP contribution in [0.3, 0.4) is 0 Å². The predicted octanol–water partition coefficient (Wildman–Crippen LogP) is 3.53. The van der Waals surface area contributed by atoms with E-state index in [1.165, 1.54) is 7.11 Å². The lowest BCUT2D eigenvalue weighted by Crippen LogP contribution is -2.04. The number of rotatable bonds is 5. The molecule has 1 aliphatic heterocycles. The molecule has 0 spiro atoms. The summed E-state index contributed by atoms with van der Waals surface area (Å²) in [5, 5.41) is 1.70. The minimum absolute atomic E-state index is 0.430. The third-order valence-corrected chi connectivity index (χ3v) is 4.83. The normalized spacial score (nSPS) is 15.1. The van der Waals surface area contributed by atoms with Crippen LogP contribution in [0.15, 0.2) is 36.5 Å². The van der Waals surface area contributed by atoms with Gasteiger partial charge >= 0.3 is 5.97 Å². The Morgan fingerprint density at radius 2 is 1.46 bits per heavy atom. The van der Waals surface area contributed by atoms with Gasteiger partial charge in [-0.3, -0.25) is 4.98 Å². The maximum Gasteiger partial charge on any atom is 0.339 e. The topological polar surface area (TPSA) is 76.1 Å². The van der Waals surface area contributed by atoms with Crippen LogP contribution < -0.4 is 18.9 Å². The van der Waals surface area contributed by atoms with Crippen molar-refractivity contribution in [2.24, 2.45) is 0 Å². The molecule has 0 radical (unpaired) electrons. The number of pyridine rings is 1. The summed E-state index contributed by atoms with van der Waals surface area (Å²) in [6.45, 7) is 0. The minimum Gasteiger partial charge on any atom is -0.493 e. The third-order valence-electron chi connectivity index (χ3n) is 4.83. The summed E-state index contributed by atoms with van der Waals surface area (Å²) in [5.41, 5.74) is 1.72. The molecule has 3 aromatic rings. The second-order valence-electron chi connectivity index (χ2n) is 6.20. The van der Waals surface area contributed by atoms with Crippen LogP contribution in [0.2, 0.25) is 0 Å². The van der Waals surface area contributed by atoms with Gasteiger partial charge in [0.25, 0.3) is 0 Å². The number of fused-ring (bicyclic) bond motifs is 2. The fourth-order valence-corrected chi connectivity index (χ4v) is 3.46. The number of ether oxygens (including phenoxy) is 5. The standard InChI is InChI=1S/C21H19NO6/c1-24-15-7-11-5-6-22-19(12(11)8-16(15)25-2)20-13-9-17(26-3)18(27-4)10-14(13)21(23)28-20/h5-10,20H,1-4H3. The smallest absolute Gasteiger partial charge is 0.339 e. The van der Waals surface area contributed by atoms with Crippen LogP contribution in [0.5, 0.6) is 23.0 Å². The van der Waals surface area contributed by atoms with Crippen molar-refractivity contribution in [2.45, 2.75) is 6.10 Å². The first-order chi connectivity index (χ1) is 13.6. The van der Waals surface area contributed by atoms with Crippen molar-refractivity contribution in [3.63, 3.8) is 0 Å². The molecule has 0 amide bonds. The quantitative estimate of drug-likeness (QED) is 0.626. The second-order valence-corrected chi connectivity index (χ2v) is 6.20. The van der Waals surface area contributed by atoms with E-state index in [1.54, 1.807) is 39.7 Å². The van der Waals surface area contributed by atoms with Crippen LogP contribution in [0.25, 0.3) is 10.8 Å². The number of aromatic nitrogens is 1. The lowest BCUT2D eigenvalue weighted by molar-refractivity contribution is 0.0451. The Balaban J connectivity index is 1.92. The molecule has 4 rings (SSSR count). The maximum atomic E-state index is 12.5. The Morgan fingerprint density at radius 3 is 2.14 bits per heavy atom. The first-order valence-corrected chi connectivity index (χ1v) is 8.58. The molecule has 1 unspecified atom stereocenters. The number of carbonyl (C=O) groups excluding carboxylic acids is 1. The van der Waals surface area contributed by atoms with Gasteiger partial charge in [-0.1, -0.05) is 0 Å². The maximum absolute atomic E-state index is 12.5. The molecule has 0 saturated heterocycles. The van der Waals surface area contributed by atoms with Crippen molar-refractivity contribution < 1.29 is 28.5 Å². The highest BCUT2D eigenvalue weighted by molar-refractivity contribution is 5.97. The fourth-order valence-electron chi connectivity index (χ4n) is 3.46. The van der Waals surface area contributed by atoms with Crippen LogP contribution in [-0.4, -0.2) is 39.4 Å². The number of methoxy groups -OCH3 is 4. The summed E-state index contributed by atoms with van der Waals surface area (Å²) in [6, 6.07) is 8.96. The summed E-state index contributed by atoms with van der Waals surface area (Å²) in [5.74, 6) is 1.74. The number of hydrogen-bond donors (Lipinski definition) is 0. The third kappa shape index (κ3) is 2.67. The average molecular weight is 381 g/mol. The number of benzene rings is 2. The SMILES string of the molecule is COc1cc2c(cc1OC)C(c1nccc3cc(OC)c(OC)cc13)OC2=O. The molecule has 0 N–H and O–H groups in total. The molecule has 0 fully saturated rings. The fraction of sp³-hybridized carbons (Fsp3) is 0.238. The van der Waals surface area contributed by atoms with Crippen molar-refractivity contribution in [3.05, 3.63) is 53.3 Å². The lowest BCUT2D eigenvalue weighted by atomic mass is 9.98. The zero-order chi connectivity index (χ0) is 19.8. The van der Waals surface area contributed by atoms with E-state index < -0.39 is 12.1 Å². The first kappa shape index (κ1) is 17.9. The zero-order valence-corrected chi connectivity index (χ0v) is 15.9. The Hall–Kier alpha value is -3.48. The van der Waals surface area contributed by atoms with E-state index in [1.807, 2.05) is 18.2 Å². The molecule has 7 heteroatoms. The van der Waals surface area contributed by atoms with Gasteiger partial charge in [0.05, 0.1) is 39.7 Å². The highest BCUT2D eigenvalue weighted by atomic mass is 16.6. The Morgan fingerprint density at radius 1 is 0.857 bits per heavy atom. The highest BCUT2D eigenvalue weighted by Gasteiger charge is 2.36. The van der Waals surface area contributed by atoms with Gasteiger partial charge in [0.15, 0.2) is 29.1 Å². The van der Waals surface area contributed by atoms with Crippen molar-refractivity contribution >= 4 is 16.7 Å². The average Bonchev–Trinajstić information content (AvgIpc) is 3.06. The Kier molecular flexibility index (Phi) is 4.43. The highest BCUT2D eigenvalue weighted by Crippen LogP contribution is 2.44. The molecule has 1 aromatic heterocycles. The molecule has 28 heavy (non-hydrogen) atoms. The van der Waals surface area contributed by atoms with Gasteiger partial charge in [-0.15, -0.1) is 0 Å². The molecule has 2 heterocycles. The monoisotopic (exact) mass is 381 g/mol. The van der Waals surface area contributed by atoms with Crippen molar-refractivity contribution in [1.29, 1.82) is 0 Å². The molecule has 144 valence electrons. The van der Waals surface area contributed by atoms with Crippen LogP contribution in [0.4, 0.5) is 0 Å². The molecule has 1 atom stereocenters. The van der Waals surface area contributed by atoms with E-state index in [4.69, 9.17) is 23.7 Å². The molecular formula is C21H19NO6. The second kappa shape index (κ2) is 6.92. The van der Waals surface area contributed by atoms with Crippen LogP contribution in [-0.2, 0) is 4.74 Å². The van der Waals surface area contributed by atoms with E-state index in [0.29, 0.717) is 39.8 Å². The molecule has 0 bridgehead atoms. The Bertz CT molecular complexity index is 1080. The van der Waals surface area contributed by atoms with E-state index in [9.17, 15) is 4.79 Å². The largest absolute Gasteiger partial charge is 0.493 e. The van der Waals surface area contributed by atoms with E-state index >= 15 is 0 Å². The van der Waals surface area contributed by atoms with Gasteiger partial charge in [0.1, 0.15) is 0 Å². The van der Waals surface area contributed by atoms with Gasteiger partial charge in [-0.25, -0.2) is 4.79 Å². The number of hydrogen-bond acceptors (Lipinski definition) is 7. The number of esters is 1. The van der Waals surface area contributed by atoms with Crippen LogP contribution >= 0.6 is 0 Å². The molecule has 1 aliphatic rings. The van der Waals surface area contributed by atoms with Crippen LogP contribution in [0, 0.1) is 0 Å². The number of carbonyl (C=O) groups is 1. The number of cyclic esters (lactones) is 1. The van der Waals surface area contributed by atoms with Gasteiger partial charge in [0.2, 0.25) is 0 Å². The van der Waals surface area contributed by atoms with Gasteiger partial charge in [-0.05, 0) is 35.7 Å². The lowest BCUT2D eigenvalue weighted by Gasteiger charge is -2.16. The van der Waals surface area contributed by atoms with Crippen molar-refractivity contribution in [3.8, 4) is 23.0 Å². The van der Waals surface area contributed by atoms with Crippen molar-refractivity contribution in [1.82, 2.24) is 4.98 Å². The van der Waals surface area contributed by atoms with Gasteiger partial charge < -0.3 is 23.7 Å². The summed E-state index contributed by atoms with van der Waals surface area (Å²) >= 11 is 0. The summed E-state index contributed by atoms with van der Waals surface area (Å²) < 4.78 is 27.2. The van der Waals surface area contributed by atoms with E-state index in [0.717, 1.165) is 10.8 Å². The van der Waals surface area contributed by atoms with E-state index in [2.05, 4.69) is 4.98 Å².